The summed E-state index contributed by atoms with van der Waals surface area (Å²) in [4.78, 5) is 10.0. The molecule has 0 aromatic heterocycles. The minimum atomic E-state index is 0.833. The Hall–Kier alpha value is -1.31. The van der Waals surface area contributed by atoms with Crippen molar-refractivity contribution in [1.82, 2.24) is 0 Å². The van der Waals surface area contributed by atoms with Gasteiger partial charge in [-0.3, -0.25) is 4.79 Å². The van der Waals surface area contributed by atoms with Crippen molar-refractivity contribution in [2.75, 3.05) is 5.32 Å². The van der Waals surface area contributed by atoms with Crippen LogP contribution >= 0.6 is 0 Å². The van der Waals surface area contributed by atoms with Gasteiger partial charge in [0.1, 0.15) is 0 Å². The molecule has 0 aliphatic rings. The molecule has 0 bridgehead atoms. The van der Waals surface area contributed by atoms with Crippen LogP contribution in [0.5, 0.6) is 0 Å². The molecule has 1 N–H and O–H groups in total. The van der Waals surface area contributed by atoms with Crippen molar-refractivity contribution >= 4 is 12.1 Å². The molecule has 0 fully saturated rings. The molecule has 0 saturated heterocycles. The number of amides is 1. The topological polar surface area (TPSA) is 29.1 Å². The lowest BCUT2D eigenvalue weighted by molar-refractivity contribution is 0.561. The summed E-state index contributed by atoms with van der Waals surface area (Å²) in [5.74, 6) is 0. The van der Waals surface area contributed by atoms with Gasteiger partial charge in [0.2, 0.25) is 0 Å². The Morgan fingerprint density at radius 3 is 2.73 bits per heavy atom. The van der Waals surface area contributed by atoms with E-state index in [1.807, 2.05) is 32.0 Å². The van der Waals surface area contributed by atoms with Crippen LogP contribution in [-0.4, -0.2) is 6.41 Å². The Morgan fingerprint density at radius 2 is 2.09 bits per heavy atom. The van der Waals surface area contributed by atoms with Crippen LogP contribution in [0.4, 0.5) is 5.69 Å². The zero-order valence-corrected chi connectivity index (χ0v) is 6.64. The molecule has 0 aliphatic heterocycles. The van der Waals surface area contributed by atoms with Crippen molar-refractivity contribution in [3.05, 3.63) is 29.3 Å². The van der Waals surface area contributed by atoms with Crippen molar-refractivity contribution < 1.29 is 4.79 Å². The number of benzene rings is 1. The van der Waals surface area contributed by atoms with Crippen LogP contribution in [0.2, 0.25) is 0 Å². The van der Waals surface area contributed by atoms with Crippen LogP contribution in [-0.2, 0) is 4.79 Å². The summed E-state index contributed by atoms with van der Waals surface area (Å²) in [6.45, 7) is 3.97. The van der Waals surface area contributed by atoms with Crippen molar-refractivity contribution in [1.29, 1.82) is 0 Å². The normalized spacial score (nSPS) is 9.27. The van der Waals surface area contributed by atoms with Crippen LogP contribution in [0, 0.1) is 13.8 Å². The van der Waals surface area contributed by atoms with Crippen molar-refractivity contribution in [3.8, 4) is 0 Å². The maximum absolute atomic E-state index is 10.0. The van der Waals surface area contributed by atoms with Gasteiger partial charge in [-0.1, -0.05) is 12.1 Å². The third-order valence-electron chi connectivity index (χ3n) is 1.79. The van der Waals surface area contributed by atoms with Crippen LogP contribution in [0.15, 0.2) is 18.2 Å². The number of nitrogens with one attached hydrogen (secondary N) is 1. The molecule has 1 amide bonds. The summed E-state index contributed by atoms with van der Waals surface area (Å²) in [6.07, 6.45) is 1.65. The van der Waals surface area contributed by atoms with Gasteiger partial charge < -0.3 is 5.32 Å². The lowest BCUT2D eigenvalue weighted by Crippen LogP contribution is -1.96. The molecule has 2 nitrogen and oxygen atoms in total. The van der Waals surface area contributed by atoms with Crippen LogP contribution in [0.3, 0.4) is 0 Å². The minimum Gasteiger partial charge on any atom is -0.318 e. The van der Waals surface area contributed by atoms with Gasteiger partial charge in [-0.25, -0.2) is 0 Å². The highest BCUT2D eigenvalue weighted by Gasteiger charge is 1.97. The number of carbonyl (C=O) groups excluding carboxylic acids is 1. The zero-order chi connectivity index (χ0) is 8.27. The highest BCUT2D eigenvalue weighted by Crippen LogP contribution is 2.16. The molecule has 2 heteroatoms. The largest absolute Gasteiger partial charge is 0.318 e. The second-order valence-electron chi connectivity index (χ2n) is 2.47. The van der Waals surface area contributed by atoms with Crippen molar-refractivity contribution in [2.24, 2.45) is 0 Å². The quantitative estimate of drug-likeness (QED) is 0.636. The van der Waals surface area contributed by atoms with E-state index in [1.165, 1.54) is 5.56 Å². The van der Waals surface area contributed by atoms with E-state index in [4.69, 9.17) is 0 Å². The fourth-order valence-electron chi connectivity index (χ4n) is 0.941. The number of aryl methyl sites for hydroxylation is 1. The van der Waals surface area contributed by atoms with Gasteiger partial charge in [-0.2, -0.15) is 0 Å². The van der Waals surface area contributed by atoms with E-state index < -0.39 is 0 Å². The average molecular weight is 148 g/mol. The van der Waals surface area contributed by atoms with E-state index in [9.17, 15) is 4.79 Å². The van der Waals surface area contributed by atoms with Gasteiger partial charge in [0.15, 0.2) is 0 Å². The third-order valence-corrected chi connectivity index (χ3v) is 1.79. The SMILES string of the molecule is Cc1cccc(N[C]=O)c1C. The maximum atomic E-state index is 10.0. The fourth-order valence-corrected chi connectivity index (χ4v) is 0.941. The van der Waals surface area contributed by atoms with Crippen molar-refractivity contribution in [3.63, 3.8) is 0 Å². The summed E-state index contributed by atoms with van der Waals surface area (Å²) in [5.41, 5.74) is 3.10. The van der Waals surface area contributed by atoms with Crippen LogP contribution in [0.1, 0.15) is 11.1 Å². The molecule has 1 rings (SSSR count). The minimum absolute atomic E-state index is 0.833. The van der Waals surface area contributed by atoms with Gasteiger partial charge in [0.05, 0.1) is 0 Å². The predicted molar refractivity (Wildman–Crippen MR) is 45.2 cm³/mol. The molecule has 11 heavy (non-hydrogen) atoms. The lowest BCUT2D eigenvalue weighted by atomic mass is 10.1. The molecule has 1 radical (unpaired) electrons. The predicted octanol–water partition coefficient (Wildman–Crippen LogP) is 1.78. The smallest absolute Gasteiger partial charge is 0.314 e. The fraction of sp³-hybridized carbons (Fsp3) is 0.222. The molecule has 0 spiro atoms. The highest BCUT2D eigenvalue weighted by atomic mass is 16.1. The molecule has 0 atom stereocenters. The van der Waals surface area contributed by atoms with Gasteiger partial charge in [-0.15, -0.1) is 0 Å². The first-order valence-electron chi connectivity index (χ1n) is 3.45. The van der Waals surface area contributed by atoms with E-state index in [0.29, 0.717) is 0 Å². The van der Waals surface area contributed by atoms with Crippen LogP contribution in [0.25, 0.3) is 0 Å². The first-order chi connectivity index (χ1) is 5.25. The molecule has 57 valence electrons. The first kappa shape index (κ1) is 7.79. The monoisotopic (exact) mass is 148 g/mol. The Labute approximate surface area is 66.2 Å². The summed E-state index contributed by atoms with van der Waals surface area (Å²) in [6, 6.07) is 5.76. The Morgan fingerprint density at radius 1 is 1.36 bits per heavy atom. The molecule has 0 aliphatic carbocycles. The molecular formula is C9H10NO. The molecule has 0 saturated carbocycles. The number of rotatable bonds is 2. The number of hydrogen-bond donors (Lipinski definition) is 1. The van der Waals surface area contributed by atoms with Gasteiger partial charge >= 0.3 is 6.41 Å². The van der Waals surface area contributed by atoms with E-state index >= 15 is 0 Å². The first-order valence-corrected chi connectivity index (χ1v) is 3.45. The Balaban J connectivity index is 3.05. The van der Waals surface area contributed by atoms with Crippen molar-refractivity contribution in [2.45, 2.75) is 13.8 Å². The standard InChI is InChI=1S/C9H10NO/c1-7-4-3-5-9(8(7)2)10-6-11/h3-5H,1-2H3,(H,10,11). The molecule has 0 heterocycles. The van der Waals surface area contributed by atoms with Gasteiger partial charge in [-0.05, 0) is 31.0 Å². The summed E-state index contributed by atoms with van der Waals surface area (Å²) in [5, 5.41) is 2.51. The summed E-state index contributed by atoms with van der Waals surface area (Å²) < 4.78 is 0. The molecule has 0 unspecified atom stereocenters. The number of anilines is 1. The van der Waals surface area contributed by atoms with Gasteiger partial charge in [0, 0.05) is 5.69 Å². The summed E-state index contributed by atoms with van der Waals surface area (Å²) >= 11 is 0. The molecule has 1 aromatic rings. The number of hydrogen-bond acceptors (Lipinski definition) is 1. The maximum Gasteiger partial charge on any atom is 0.314 e. The van der Waals surface area contributed by atoms with E-state index in [0.717, 1.165) is 11.3 Å². The second kappa shape index (κ2) is 3.19. The highest BCUT2D eigenvalue weighted by molar-refractivity contribution is 5.74. The third kappa shape index (κ3) is 1.58. The van der Waals surface area contributed by atoms with Crippen LogP contribution < -0.4 is 5.32 Å². The average Bonchev–Trinajstić information content (AvgIpc) is 1.99. The second-order valence-corrected chi connectivity index (χ2v) is 2.47. The zero-order valence-electron chi connectivity index (χ0n) is 6.64. The van der Waals surface area contributed by atoms with E-state index in [1.54, 1.807) is 6.41 Å². The molecule has 1 aromatic carbocycles. The lowest BCUT2D eigenvalue weighted by Gasteiger charge is -2.04. The Bertz CT molecular complexity index is 268. The Kier molecular flexibility index (Phi) is 2.26. The van der Waals surface area contributed by atoms with E-state index in [-0.39, 0.29) is 0 Å². The molecular weight excluding hydrogens is 138 g/mol. The van der Waals surface area contributed by atoms with E-state index in [2.05, 4.69) is 5.32 Å². The van der Waals surface area contributed by atoms with Gasteiger partial charge in [0.25, 0.3) is 0 Å². The summed E-state index contributed by atoms with van der Waals surface area (Å²) in [7, 11) is 0.